The SMILES string of the molecule is CN1C[C@H](C(=O)NCc2ccnc(OCc3ccccc3)c2)CC1=O. The second-order valence-electron chi connectivity index (χ2n) is 6.17. The monoisotopic (exact) mass is 339 g/mol. The van der Waals surface area contributed by atoms with Gasteiger partial charge in [0.15, 0.2) is 0 Å². The lowest BCUT2D eigenvalue weighted by Gasteiger charge is -2.11. The van der Waals surface area contributed by atoms with E-state index in [1.54, 1.807) is 18.1 Å². The van der Waals surface area contributed by atoms with Gasteiger partial charge < -0.3 is 15.0 Å². The maximum Gasteiger partial charge on any atom is 0.225 e. The van der Waals surface area contributed by atoms with Gasteiger partial charge in [-0.3, -0.25) is 9.59 Å². The third-order valence-electron chi connectivity index (χ3n) is 4.21. The van der Waals surface area contributed by atoms with E-state index in [1.165, 1.54) is 0 Å². The van der Waals surface area contributed by atoms with Crippen LogP contribution in [0.5, 0.6) is 5.88 Å². The Morgan fingerprint density at radius 1 is 1.28 bits per heavy atom. The summed E-state index contributed by atoms with van der Waals surface area (Å²) in [5, 5.41) is 2.88. The summed E-state index contributed by atoms with van der Waals surface area (Å²) in [6, 6.07) is 13.5. The standard InChI is InChI=1S/C19H21N3O3/c1-22-12-16(10-18(22)23)19(24)21-11-15-7-8-20-17(9-15)25-13-14-5-3-2-4-6-14/h2-9,16H,10-13H2,1H3,(H,21,24)/t16-/m1/s1. The van der Waals surface area contributed by atoms with Crippen molar-refractivity contribution in [1.82, 2.24) is 15.2 Å². The molecule has 25 heavy (non-hydrogen) atoms. The Balaban J connectivity index is 1.51. The summed E-state index contributed by atoms with van der Waals surface area (Å²) >= 11 is 0. The molecule has 0 saturated carbocycles. The van der Waals surface area contributed by atoms with Gasteiger partial charge in [0, 0.05) is 38.8 Å². The first-order chi connectivity index (χ1) is 12.1. The van der Waals surface area contributed by atoms with Crippen LogP contribution in [0, 0.1) is 5.92 Å². The van der Waals surface area contributed by atoms with Crippen molar-refractivity contribution < 1.29 is 14.3 Å². The molecule has 2 aromatic rings. The van der Waals surface area contributed by atoms with Gasteiger partial charge in [-0.15, -0.1) is 0 Å². The molecule has 6 nitrogen and oxygen atoms in total. The van der Waals surface area contributed by atoms with Gasteiger partial charge >= 0.3 is 0 Å². The first kappa shape index (κ1) is 17.0. The lowest BCUT2D eigenvalue weighted by atomic mass is 10.1. The van der Waals surface area contributed by atoms with Crippen molar-refractivity contribution in [3.8, 4) is 5.88 Å². The van der Waals surface area contributed by atoms with Crippen molar-refractivity contribution in [3.05, 3.63) is 59.8 Å². The lowest BCUT2D eigenvalue weighted by Crippen LogP contribution is -2.31. The summed E-state index contributed by atoms with van der Waals surface area (Å²) in [5.41, 5.74) is 1.97. The van der Waals surface area contributed by atoms with E-state index in [1.807, 2.05) is 42.5 Å². The number of pyridine rings is 1. The second-order valence-corrected chi connectivity index (χ2v) is 6.17. The first-order valence-electron chi connectivity index (χ1n) is 8.25. The molecule has 1 atom stereocenters. The Bertz CT molecular complexity index is 749. The van der Waals surface area contributed by atoms with Crippen molar-refractivity contribution in [2.75, 3.05) is 13.6 Å². The first-order valence-corrected chi connectivity index (χ1v) is 8.25. The van der Waals surface area contributed by atoms with E-state index >= 15 is 0 Å². The fourth-order valence-electron chi connectivity index (χ4n) is 2.74. The molecule has 0 bridgehead atoms. The number of benzene rings is 1. The molecule has 1 aliphatic rings. The Hall–Kier alpha value is -2.89. The zero-order valence-electron chi connectivity index (χ0n) is 14.1. The Morgan fingerprint density at radius 3 is 2.80 bits per heavy atom. The highest BCUT2D eigenvalue weighted by atomic mass is 16.5. The van der Waals surface area contributed by atoms with Crippen LogP contribution in [0.1, 0.15) is 17.5 Å². The van der Waals surface area contributed by atoms with Gasteiger partial charge in [0.05, 0.1) is 5.92 Å². The van der Waals surface area contributed by atoms with Crippen molar-refractivity contribution in [3.63, 3.8) is 0 Å². The average Bonchev–Trinajstić information content (AvgIpc) is 2.98. The number of likely N-dealkylation sites (tertiary alicyclic amines) is 1. The molecule has 0 spiro atoms. The largest absolute Gasteiger partial charge is 0.473 e. The fraction of sp³-hybridized carbons (Fsp3) is 0.316. The number of carbonyl (C=O) groups is 2. The van der Waals surface area contributed by atoms with Crippen LogP contribution in [0.4, 0.5) is 0 Å². The van der Waals surface area contributed by atoms with Crippen LogP contribution in [0.25, 0.3) is 0 Å². The summed E-state index contributed by atoms with van der Waals surface area (Å²) in [6.07, 6.45) is 1.94. The molecule has 1 aromatic carbocycles. The summed E-state index contributed by atoms with van der Waals surface area (Å²) in [6.45, 7) is 1.31. The van der Waals surface area contributed by atoms with Crippen molar-refractivity contribution in [1.29, 1.82) is 0 Å². The third-order valence-corrected chi connectivity index (χ3v) is 4.21. The highest BCUT2D eigenvalue weighted by Gasteiger charge is 2.31. The number of carbonyl (C=O) groups excluding carboxylic acids is 2. The van der Waals surface area contributed by atoms with Gasteiger partial charge in [-0.2, -0.15) is 0 Å². The Morgan fingerprint density at radius 2 is 2.08 bits per heavy atom. The molecule has 1 aliphatic heterocycles. The molecule has 2 heterocycles. The van der Waals surface area contributed by atoms with E-state index in [0.29, 0.717) is 25.6 Å². The van der Waals surface area contributed by atoms with E-state index in [9.17, 15) is 9.59 Å². The fourth-order valence-corrected chi connectivity index (χ4v) is 2.74. The van der Waals surface area contributed by atoms with Crippen molar-refractivity contribution >= 4 is 11.8 Å². The molecular formula is C19H21N3O3. The van der Waals surface area contributed by atoms with Crippen LogP contribution < -0.4 is 10.1 Å². The minimum Gasteiger partial charge on any atom is -0.473 e. The number of aromatic nitrogens is 1. The summed E-state index contributed by atoms with van der Waals surface area (Å²) in [7, 11) is 1.72. The van der Waals surface area contributed by atoms with E-state index in [0.717, 1.165) is 11.1 Å². The number of nitrogens with one attached hydrogen (secondary N) is 1. The summed E-state index contributed by atoms with van der Waals surface area (Å²) < 4.78 is 5.69. The second kappa shape index (κ2) is 7.79. The molecular weight excluding hydrogens is 318 g/mol. The minimum atomic E-state index is -0.270. The van der Waals surface area contributed by atoms with Crippen LogP contribution in [-0.4, -0.2) is 35.3 Å². The van der Waals surface area contributed by atoms with E-state index in [2.05, 4.69) is 10.3 Å². The van der Waals surface area contributed by atoms with Crippen molar-refractivity contribution in [2.45, 2.75) is 19.6 Å². The molecule has 0 radical (unpaired) electrons. The van der Waals surface area contributed by atoms with Gasteiger partial charge in [-0.05, 0) is 17.2 Å². The molecule has 0 aliphatic carbocycles. The molecule has 3 rings (SSSR count). The number of ether oxygens (including phenoxy) is 1. The molecule has 1 fully saturated rings. The zero-order valence-corrected chi connectivity index (χ0v) is 14.1. The normalized spacial score (nSPS) is 16.8. The molecule has 1 saturated heterocycles. The highest BCUT2D eigenvalue weighted by Crippen LogP contribution is 2.16. The van der Waals surface area contributed by atoms with Crippen molar-refractivity contribution in [2.24, 2.45) is 5.92 Å². The van der Waals surface area contributed by atoms with Crippen LogP contribution in [0.2, 0.25) is 0 Å². The van der Waals surface area contributed by atoms with E-state index in [4.69, 9.17) is 4.74 Å². The zero-order chi connectivity index (χ0) is 17.6. The molecule has 1 aromatic heterocycles. The van der Waals surface area contributed by atoms with Crippen LogP contribution >= 0.6 is 0 Å². The van der Waals surface area contributed by atoms with Crippen LogP contribution in [0.15, 0.2) is 48.7 Å². The Kier molecular flexibility index (Phi) is 5.28. The van der Waals surface area contributed by atoms with E-state index in [-0.39, 0.29) is 24.2 Å². The smallest absolute Gasteiger partial charge is 0.225 e. The molecule has 1 N–H and O–H groups in total. The average molecular weight is 339 g/mol. The topological polar surface area (TPSA) is 71.5 Å². The minimum absolute atomic E-state index is 0.0145. The molecule has 130 valence electrons. The third kappa shape index (κ3) is 4.56. The van der Waals surface area contributed by atoms with Gasteiger partial charge in [0.25, 0.3) is 0 Å². The lowest BCUT2D eigenvalue weighted by molar-refractivity contribution is -0.128. The van der Waals surface area contributed by atoms with Crippen LogP contribution in [-0.2, 0) is 22.7 Å². The molecule has 6 heteroatoms. The quantitative estimate of drug-likeness (QED) is 0.870. The summed E-state index contributed by atoms with van der Waals surface area (Å²) in [4.78, 5) is 29.5. The maximum absolute atomic E-state index is 12.2. The number of nitrogens with zero attached hydrogens (tertiary/aromatic N) is 2. The summed E-state index contributed by atoms with van der Waals surface area (Å²) in [5.74, 6) is 0.168. The Labute approximate surface area is 146 Å². The number of rotatable bonds is 6. The maximum atomic E-state index is 12.2. The van der Waals surface area contributed by atoms with Crippen LogP contribution in [0.3, 0.4) is 0 Å². The number of amides is 2. The number of hydrogen-bond donors (Lipinski definition) is 1. The number of hydrogen-bond acceptors (Lipinski definition) is 4. The predicted octanol–water partition coefficient (Wildman–Crippen LogP) is 1.76. The van der Waals surface area contributed by atoms with Gasteiger partial charge in [-0.25, -0.2) is 4.98 Å². The van der Waals surface area contributed by atoms with Gasteiger partial charge in [-0.1, -0.05) is 30.3 Å². The molecule has 2 amide bonds. The van der Waals surface area contributed by atoms with Gasteiger partial charge in [0.1, 0.15) is 6.61 Å². The molecule has 0 unspecified atom stereocenters. The van der Waals surface area contributed by atoms with E-state index < -0.39 is 0 Å². The predicted molar refractivity (Wildman–Crippen MR) is 92.6 cm³/mol. The highest BCUT2D eigenvalue weighted by molar-refractivity contribution is 5.89. The van der Waals surface area contributed by atoms with Gasteiger partial charge in [0.2, 0.25) is 17.7 Å².